The van der Waals surface area contributed by atoms with Gasteiger partial charge in [-0.15, -0.1) is 0 Å². The Morgan fingerprint density at radius 1 is 1.21 bits per heavy atom. The molecule has 0 radical (unpaired) electrons. The molecule has 1 nitrogen and oxygen atoms in total. The summed E-state index contributed by atoms with van der Waals surface area (Å²) in [5.41, 5.74) is 9.34. The van der Waals surface area contributed by atoms with E-state index in [2.05, 4.69) is 45.0 Å². The molecular weight excluding hydrogens is 170 g/mol. The van der Waals surface area contributed by atoms with Crippen LogP contribution >= 0.6 is 0 Å². The van der Waals surface area contributed by atoms with Crippen molar-refractivity contribution in [1.29, 1.82) is 0 Å². The lowest BCUT2D eigenvalue weighted by molar-refractivity contribution is 0.0618. The van der Waals surface area contributed by atoms with Gasteiger partial charge in [-0.1, -0.05) is 43.7 Å². The molecule has 0 unspecified atom stereocenters. The molecule has 1 aliphatic carbocycles. The Labute approximate surface area is 86.3 Å². The van der Waals surface area contributed by atoms with Crippen molar-refractivity contribution in [1.82, 2.24) is 0 Å². The fourth-order valence-electron chi connectivity index (χ4n) is 2.82. The van der Waals surface area contributed by atoms with Gasteiger partial charge >= 0.3 is 0 Å². The van der Waals surface area contributed by atoms with Crippen LogP contribution in [0, 0.1) is 12.3 Å². The number of benzene rings is 1. The topological polar surface area (TPSA) is 26.0 Å². The first-order chi connectivity index (χ1) is 6.41. The maximum Gasteiger partial charge on any atom is 0.0420 e. The van der Waals surface area contributed by atoms with Gasteiger partial charge in [0.05, 0.1) is 0 Å². The molecule has 2 N–H and O–H groups in total. The van der Waals surface area contributed by atoms with E-state index in [4.69, 9.17) is 5.73 Å². The van der Waals surface area contributed by atoms with E-state index < -0.39 is 0 Å². The lowest BCUT2D eigenvalue weighted by Gasteiger charge is -2.51. The molecule has 1 aromatic rings. The summed E-state index contributed by atoms with van der Waals surface area (Å²) in [6.45, 7) is 6.69. The summed E-state index contributed by atoms with van der Waals surface area (Å²) in [6.07, 6.45) is 2.20. The lowest BCUT2D eigenvalue weighted by atomic mass is 9.57. The van der Waals surface area contributed by atoms with Gasteiger partial charge in [-0.3, -0.25) is 0 Å². The third-order valence-electron chi connectivity index (χ3n) is 3.18. The summed E-state index contributed by atoms with van der Waals surface area (Å²) in [5, 5.41) is 0. The Kier molecular flexibility index (Phi) is 1.97. The second kappa shape index (κ2) is 2.83. The van der Waals surface area contributed by atoms with Gasteiger partial charge in [-0.25, -0.2) is 0 Å². The second-order valence-corrected chi connectivity index (χ2v) is 5.54. The number of hydrogen-bond acceptors (Lipinski definition) is 1. The SMILES string of the molecule is Cc1cccc(C2(N)CC(C)(C)C2)c1. The molecule has 0 bridgehead atoms. The minimum Gasteiger partial charge on any atom is -0.321 e. The van der Waals surface area contributed by atoms with E-state index in [1.807, 2.05) is 0 Å². The number of aryl methyl sites for hydroxylation is 1. The molecule has 1 heteroatoms. The van der Waals surface area contributed by atoms with Crippen molar-refractivity contribution in [2.75, 3.05) is 0 Å². The summed E-state index contributed by atoms with van der Waals surface area (Å²) >= 11 is 0. The van der Waals surface area contributed by atoms with E-state index in [0.29, 0.717) is 5.41 Å². The fourth-order valence-corrected chi connectivity index (χ4v) is 2.82. The predicted octanol–water partition coefficient (Wildman–Crippen LogP) is 2.97. The van der Waals surface area contributed by atoms with Crippen molar-refractivity contribution in [3.63, 3.8) is 0 Å². The van der Waals surface area contributed by atoms with Gasteiger partial charge < -0.3 is 5.73 Å². The molecule has 0 amide bonds. The second-order valence-electron chi connectivity index (χ2n) is 5.54. The molecule has 1 fully saturated rings. The van der Waals surface area contributed by atoms with Crippen molar-refractivity contribution in [3.8, 4) is 0 Å². The van der Waals surface area contributed by atoms with Gasteiger partial charge in [0.15, 0.2) is 0 Å². The van der Waals surface area contributed by atoms with Crippen LogP contribution in [0.1, 0.15) is 37.8 Å². The molecule has 0 heterocycles. The molecule has 14 heavy (non-hydrogen) atoms. The molecule has 0 atom stereocenters. The molecule has 1 saturated carbocycles. The maximum atomic E-state index is 6.37. The first kappa shape index (κ1) is 9.72. The van der Waals surface area contributed by atoms with Crippen molar-refractivity contribution in [2.24, 2.45) is 11.1 Å². The zero-order chi connectivity index (χ0) is 10.4. The average Bonchev–Trinajstić information content (AvgIpc) is 2.00. The zero-order valence-corrected chi connectivity index (χ0v) is 9.30. The summed E-state index contributed by atoms with van der Waals surface area (Å²) in [5.74, 6) is 0. The normalized spacial score (nSPS) is 22.9. The lowest BCUT2D eigenvalue weighted by Crippen LogP contribution is -2.53. The quantitative estimate of drug-likeness (QED) is 0.722. The third-order valence-corrected chi connectivity index (χ3v) is 3.18. The first-order valence-corrected chi connectivity index (χ1v) is 5.27. The minimum absolute atomic E-state index is 0.0600. The van der Waals surface area contributed by atoms with E-state index in [9.17, 15) is 0 Å². The minimum atomic E-state index is -0.0600. The number of nitrogens with two attached hydrogens (primary N) is 1. The molecule has 1 aliphatic rings. The van der Waals surface area contributed by atoms with Gasteiger partial charge in [0, 0.05) is 5.54 Å². The Morgan fingerprint density at radius 3 is 2.36 bits per heavy atom. The van der Waals surface area contributed by atoms with Crippen LogP contribution in [0.15, 0.2) is 24.3 Å². The van der Waals surface area contributed by atoms with E-state index in [1.54, 1.807) is 0 Å². The van der Waals surface area contributed by atoms with Crippen LogP contribution in [0.5, 0.6) is 0 Å². The largest absolute Gasteiger partial charge is 0.321 e. The standard InChI is InChI=1S/C13H19N/c1-10-5-4-6-11(7-10)13(14)8-12(2,3)9-13/h4-7H,8-9,14H2,1-3H3. The summed E-state index contributed by atoms with van der Waals surface area (Å²) < 4.78 is 0. The first-order valence-electron chi connectivity index (χ1n) is 5.27. The highest BCUT2D eigenvalue weighted by molar-refractivity contribution is 5.31. The summed E-state index contributed by atoms with van der Waals surface area (Å²) in [7, 11) is 0. The highest BCUT2D eigenvalue weighted by Crippen LogP contribution is 2.51. The Balaban J connectivity index is 2.25. The van der Waals surface area contributed by atoms with Gasteiger partial charge in [-0.2, -0.15) is 0 Å². The molecule has 0 aromatic heterocycles. The van der Waals surface area contributed by atoms with Crippen LogP contribution in [0.3, 0.4) is 0 Å². The van der Waals surface area contributed by atoms with Crippen LogP contribution in [0.2, 0.25) is 0 Å². The van der Waals surface area contributed by atoms with Gasteiger partial charge in [0.2, 0.25) is 0 Å². The Morgan fingerprint density at radius 2 is 1.86 bits per heavy atom. The smallest absolute Gasteiger partial charge is 0.0420 e. The summed E-state index contributed by atoms with van der Waals surface area (Å²) in [6, 6.07) is 8.60. The van der Waals surface area contributed by atoms with Crippen molar-refractivity contribution >= 4 is 0 Å². The zero-order valence-electron chi connectivity index (χ0n) is 9.30. The highest BCUT2D eigenvalue weighted by Gasteiger charge is 2.47. The molecule has 0 saturated heterocycles. The van der Waals surface area contributed by atoms with Crippen LogP contribution in [-0.4, -0.2) is 0 Å². The summed E-state index contributed by atoms with van der Waals surface area (Å²) in [4.78, 5) is 0. The highest BCUT2D eigenvalue weighted by atomic mass is 14.8. The third kappa shape index (κ3) is 1.57. The number of rotatable bonds is 1. The van der Waals surface area contributed by atoms with Gasteiger partial charge in [0.1, 0.15) is 0 Å². The molecule has 2 rings (SSSR count). The van der Waals surface area contributed by atoms with E-state index >= 15 is 0 Å². The van der Waals surface area contributed by atoms with Crippen LogP contribution in [-0.2, 0) is 5.54 Å². The Bertz CT molecular complexity index is 344. The van der Waals surface area contributed by atoms with Crippen molar-refractivity contribution in [2.45, 2.75) is 39.2 Å². The Hall–Kier alpha value is -0.820. The molecule has 0 spiro atoms. The van der Waals surface area contributed by atoms with E-state index in [1.165, 1.54) is 11.1 Å². The monoisotopic (exact) mass is 189 g/mol. The average molecular weight is 189 g/mol. The molecule has 0 aliphatic heterocycles. The van der Waals surface area contributed by atoms with E-state index in [-0.39, 0.29) is 5.54 Å². The number of hydrogen-bond donors (Lipinski definition) is 1. The predicted molar refractivity (Wildman–Crippen MR) is 60.1 cm³/mol. The van der Waals surface area contributed by atoms with Crippen LogP contribution in [0.25, 0.3) is 0 Å². The van der Waals surface area contributed by atoms with Gasteiger partial charge in [-0.05, 0) is 30.7 Å². The van der Waals surface area contributed by atoms with Crippen molar-refractivity contribution < 1.29 is 0 Å². The molecule has 76 valence electrons. The van der Waals surface area contributed by atoms with E-state index in [0.717, 1.165) is 12.8 Å². The van der Waals surface area contributed by atoms with Gasteiger partial charge in [0.25, 0.3) is 0 Å². The van der Waals surface area contributed by atoms with Crippen molar-refractivity contribution in [3.05, 3.63) is 35.4 Å². The fraction of sp³-hybridized carbons (Fsp3) is 0.538. The van der Waals surface area contributed by atoms with Crippen LogP contribution < -0.4 is 5.73 Å². The maximum absolute atomic E-state index is 6.37. The molecular formula is C13H19N. The molecule has 1 aromatic carbocycles. The van der Waals surface area contributed by atoms with Crippen LogP contribution in [0.4, 0.5) is 0 Å².